The Morgan fingerprint density at radius 1 is 1.44 bits per heavy atom. The Labute approximate surface area is 103 Å². The number of likely N-dealkylation sites (N-methyl/N-ethyl adjacent to an activating group) is 1. The first-order valence-corrected chi connectivity index (χ1v) is 5.72. The Morgan fingerprint density at radius 2 is 2.33 bits per heavy atom. The van der Waals surface area contributed by atoms with Crippen molar-refractivity contribution in [2.75, 3.05) is 13.6 Å². The molecule has 0 aromatic carbocycles. The van der Waals surface area contributed by atoms with Gasteiger partial charge in [0, 0.05) is 18.9 Å². The van der Waals surface area contributed by atoms with E-state index in [0.29, 0.717) is 30.4 Å². The van der Waals surface area contributed by atoms with Gasteiger partial charge in [-0.3, -0.25) is 9.88 Å². The summed E-state index contributed by atoms with van der Waals surface area (Å²) < 4.78 is 5.24. The lowest BCUT2D eigenvalue weighted by Crippen LogP contribution is -2.19. The van der Waals surface area contributed by atoms with Gasteiger partial charge >= 0.3 is 0 Å². The number of aromatic nitrogens is 4. The number of aliphatic hydroxyl groups excluding tert-OH is 1. The summed E-state index contributed by atoms with van der Waals surface area (Å²) in [5, 5.41) is 13.5. The lowest BCUT2D eigenvalue weighted by molar-refractivity contribution is 0.182. The van der Waals surface area contributed by atoms with Crippen molar-refractivity contribution >= 4 is 0 Å². The number of β-amino-alcohol motifs (C(OH)–C–C–N with tert-alkyl or cyclic N) is 1. The van der Waals surface area contributed by atoms with Crippen molar-refractivity contribution in [1.29, 1.82) is 0 Å². The van der Waals surface area contributed by atoms with Crippen LogP contribution in [0.15, 0.2) is 23.1 Å². The molecule has 2 atom stereocenters. The van der Waals surface area contributed by atoms with Gasteiger partial charge < -0.3 is 9.63 Å². The molecule has 0 amide bonds. The molecule has 3 heterocycles. The second kappa shape index (κ2) is 4.43. The Kier molecular flexibility index (Phi) is 2.77. The van der Waals surface area contributed by atoms with Crippen LogP contribution in [0, 0.1) is 0 Å². The first kappa shape index (κ1) is 11.2. The molecule has 3 rings (SSSR count). The molecule has 1 aliphatic heterocycles. The van der Waals surface area contributed by atoms with Gasteiger partial charge in [-0.2, -0.15) is 4.98 Å². The van der Waals surface area contributed by atoms with Gasteiger partial charge in [-0.15, -0.1) is 0 Å². The minimum absolute atomic E-state index is 0.0297. The van der Waals surface area contributed by atoms with E-state index >= 15 is 0 Å². The number of hydrogen-bond donors (Lipinski definition) is 1. The fraction of sp³-hybridized carbons (Fsp3) is 0.455. The van der Waals surface area contributed by atoms with Crippen LogP contribution in [0.25, 0.3) is 11.5 Å². The molecule has 1 N–H and O–H groups in total. The van der Waals surface area contributed by atoms with Gasteiger partial charge in [0.05, 0.1) is 18.3 Å². The van der Waals surface area contributed by atoms with Crippen LogP contribution < -0.4 is 0 Å². The molecule has 18 heavy (non-hydrogen) atoms. The molecule has 2 aromatic rings. The molecule has 0 spiro atoms. The summed E-state index contributed by atoms with van der Waals surface area (Å²) in [7, 11) is 1.92. The van der Waals surface area contributed by atoms with Crippen molar-refractivity contribution in [2.24, 2.45) is 0 Å². The average Bonchev–Trinajstić information content (AvgIpc) is 2.97. The molecule has 0 radical (unpaired) electrons. The molecule has 2 aromatic heterocycles. The van der Waals surface area contributed by atoms with E-state index in [4.69, 9.17) is 4.52 Å². The molecule has 7 heteroatoms. The predicted molar refractivity (Wildman–Crippen MR) is 61.3 cm³/mol. The summed E-state index contributed by atoms with van der Waals surface area (Å²) in [4.78, 5) is 14.4. The van der Waals surface area contributed by atoms with Crippen molar-refractivity contribution in [2.45, 2.75) is 18.6 Å². The van der Waals surface area contributed by atoms with Crippen molar-refractivity contribution in [3.63, 3.8) is 0 Å². The summed E-state index contributed by atoms with van der Waals surface area (Å²) >= 11 is 0. The Balaban J connectivity index is 1.86. The van der Waals surface area contributed by atoms with Gasteiger partial charge in [-0.25, -0.2) is 4.98 Å². The van der Waals surface area contributed by atoms with Crippen LogP contribution in [0.2, 0.25) is 0 Å². The summed E-state index contributed by atoms with van der Waals surface area (Å²) in [6, 6.07) is -0.0297. The predicted octanol–water partition coefficient (Wildman–Crippen LogP) is 0.264. The third-order valence-electron chi connectivity index (χ3n) is 3.05. The van der Waals surface area contributed by atoms with E-state index in [-0.39, 0.29) is 12.1 Å². The maximum Gasteiger partial charge on any atom is 0.244 e. The largest absolute Gasteiger partial charge is 0.392 e. The van der Waals surface area contributed by atoms with E-state index in [0.717, 1.165) is 0 Å². The second-order valence-corrected chi connectivity index (χ2v) is 4.39. The molecule has 1 saturated heterocycles. The number of hydrogen-bond acceptors (Lipinski definition) is 7. The molecule has 1 aliphatic rings. The standard InChI is InChI=1S/C11H13N5O2/c1-16-6-7(17)4-9(16)11-14-10(15-18-11)8-5-12-2-3-13-8/h2-3,5,7,9,17H,4,6H2,1H3/t7-,9+/m1/s1. The van der Waals surface area contributed by atoms with Crippen LogP contribution in [0.5, 0.6) is 0 Å². The molecular weight excluding hydrogens is 234 g/mol. The van der Waals surface area contributed by atoms with Crippen LogP contribution in [-0.2, 0) is 0 Å². The van der Waals surface area contributed by atoms with E-state index in [1.807, 2.05) is 11.9 Å². The molecule has 0 aliphatic carbocycles. The van der Waals surface area contributed by atoms with E-state index in [9.17, 15) is 5.11 Å². The summed E-state index contributed by atoms with van der Waals surface area (Å²) in [6.07, 6.45) is 5.02. The highest BCUT2D eigenvalue weighted by atomic mass is 16.5. The average molecular weight is 247 g/mol. The maximum atomic E-state index is 9.60. The topological polar surface area (TPSA) is 88.2 Å². The molecular formula is C11H13N5O2. The SMILES string of the molecule is CN1C[C@H](O)C[C@H]1c1nc(-c2cnccn2)no1. The van der Waals surface area contributed by atoms with E-state index < -0.39 is 0 Å². The fourth-order valence-corrected chi connectivity index (χ4v) is 2.15. The van der Waals surface area contributed by atoms with Gasteiger partial charge in [0.1, 0.15) is 5.69 Å². The normalized spacial score (nSPS) is 24.6. The van der Waals surface area contributed by atoms with Crippen molar-refractivity contribution < 1.29 is 9.63 Å². The molecule has 1 fully saturated rings. The van der Waals surface area contributed by atoms with Crippen LogP contribution in [0.1, 0.15) is 18.4 Å². The number of aliphatic hydroxyl groups is 1. The lowest BCUT2D eigenvalue weighted by atomic mass is 10.2. The number of rotatable bonds is 2. The molecule has 0 bridgehead atoms. The van der Waals surface area contributed by atoms with Crippen molar-refractivity contribution in [3.05, 3.63) is 24.5 Å². The minimum atomic E-state index is -0.341. The zero-order valence-corrected chi connectivity index (χ0v) is 9.89. The first-order valence-electron chi connectivity index (χ1n) is 5.72. The Bertz CT molecular complexity index is 529. The first-order chi connectivity index (χ1) is 8.74. The smallest absolute Gasteiger partial charge is 0.244 e. The van der Waals surface area contributed by atoms with E-state index in [1.165, 1.54) is 0 Å². The Hall–Kier alpha value is -1.86. The van der Waals surface area contributed by atoms with Crippen LogP contribution in [0.3, 0.4) is 0 Å². The Morgan fingerprint density at radius 3 is 3.00 bits per heavy atom. The zero-order chi connectivity index (χ0) is 12.5. The summed E-state index contributed by atoms with van der Waals surface area (Å²) in [5.74, 6) is 0.933. The lowest BCUT2D eigenvalue weighted by Gasteiger charge is -2.13. The van der Waals surface area contributed by atoms with Crippen LogP contribution >= 0.6 is 0 Å². The van der Waals surface area contributed by atoms with Gasteiger partial charge in [0.15, 0.2) is 0 Å². The summed E-state index contributed by atoms with van der Waals surface area (Å²) in [6.45, 7) is 0.619. The molecule has 0 saturated carbocycles. The molecule has 7 nitrogen and oxygen atoms in total. The second-order valence-electron chi connectivity index (χ2n) is 4.39. The van der Waals surface area contributed by atoms with Gasteiger partial charge in [0.2, 0.25) is 11.7 Å². The van der Waals surface area contributed by atoms with Crippen LogP contribution in [0.4, 0.5) is 0 Å². The zero-order valence-electron chi connectivity index (χ0n) is 9.89. The maximum absolute atomic E-state index is 9.60. The van der Waals surface area contributed by atoms with Crippen molar-refractivity contribution in [3.8, 4) is 11.5 Å². The summed E-state index contributed by atoms with van der Waals surface area (Å²) in [5.41, 5.74) is 0.577. The highest BCUT2D eigenvalue weighted by Crippen LogP contribution is 2.30. The fourth-order valence-electron chi connectivity index (χ4n) is 2.15. The molecule has 0 unspecified atom stereocenters. The number of likely N-dealkylation sites (tertiary alicyclic amines) is 1. The number of nitrogens with zero attached hydrogens (tertiary/aromatic N) is 5. The van der Waals surface area contributed by atoms with Gasteiger partial charge in [0.25, 0.3) is 0 Å². The third-order valence-corrected chi connectivity index (χ3v) is 3.05. The third kappa shape index (κ3) is 1.98. The highest BCUT2D eigenvalue weighted by molar-refractivity contribution is 5.45. The monoisotopic (exact) mass is 247 g/mol. The van der Waals surface area contributed by atoms with Crippen molar-refractivity contribution in [1.82, 2.24) is 25.0 Å². The van der Waals surface area contributed by atoms with Crippen LogP contribution in [-0.4, -0.2) is 49.8 Å². The quantitative estimate of drug-likeness (QED) is 0.814. The van der Waals surface area contributed by atoms with Gasteiger partial charge in [-0.1, -0.05) is 5.16 Å². The van der Waals surface area contributed by atoms with E-state index in [2.05, 4.69) is 20.1 Å². The highest BCUT2D eigenvalue weighted by Gasteiger charge is 2.33. The molecule has 94 valence electrons. The van der Waals surface area contributed by atoms with E-state index in [1.54, 1.807) is 18.6 Å². The minimum Gasteiger partial charge on any atom is -0.392 e. The van der Waals surface area contributed by atoms with Gasteiger partial charge in [-0.05, 0) is 13.5 Å².